The molecule has 1 aromatic heterocycles. The van der Waals surface area contributed by atoms with Crippen LogP contribution in [0.1, 0.15) is 10.4 Å². The zero-order chi connectivity index (χ0) is 25.0. The molecule has 1 amide bonds. The van der Waals surface area contributed by atoms with Crippen LogP contribution in [0.2, 0.25) is 0 Å². The van der Waals surface area contributed by atoms with Gasteiger partial charge >= 0.3 is 6.01 Å². The molecule has 10 nitrogen and oxygen atoms in total. The fourth-order valence-electron chi connectivity index (χ4n) is 3.32. The molecule has 0 aliphatic carbocycles. The molecular formula is C24H22N4O6S. The van der Waals surface area contributed by atoms with Crippen molar-refractivity contribution in [3.05, 3.63) is 78.4 Å². The van der Waals surface area contributed by atoms with Gasteiger partial charge in [0.2, 0.25) is 0 Å². The van der Waals surface area contributed by atoms with Crippen LogP contribution in [0.4, 0.5) is 11.7 Å². The van der Waals surface area contributed by atoms with E-state index >= 15 is 0 Å². The minimum absolute atomic E-state index is 0.0469. The van der Waals surface area contributed by atoms with E-state index in [1.54, 1.807) is 48.5 Å². The van der Waals surface area contributed by atoms with E-state index in [9.17, 15) is 13.2 Å². The summed E-state index contributed by atoms with van der Waals surface area (Å²) in [5, 5.41) is 10.3. The Morgan fingerprint density at radius 1 is 0.914 bits per heavy atom. The van der Waals surface area contributed by atoms with Crippen molar-refractivity contribution in [3.8, 4) is 23.0 Å². The number of nitrogens with one attached hydrogen (secondary N) is 1. The summed E-state index contributed by atoms with van der Waals surface area (Å²) in [5.41, 5.74) is 1.23. The molecule has 11 heteroatoms. The fraction of sp³-hybridized carbons (Fsp3) is 0.125. The molecule has 0 aliphatic heterocycles. The number of carbonyl (C=O) groups excluding carboxylic acids is 1. The number of rotatable bonds is 8. The number of ether oxygens (including phenoxy) is 2. The highest BCUT2D eigenvalue weighted by atomic mass is 32.2. The highest BCUT2D eigenvalue weighted by Gasteiger charge is 2.22. The first-order valence-corrected chi connectivity index (χ1v) is 11.8. The van der Waals surface area contributed by atoms with Crippen LogP contribution >= 0.6 is 0 Å². The number of methoxy groups -OCH3 is 2. The summed E-state index contributed by atoms with van der Waals surface area (Å²) in [6, 6.07) is 19.3. The first-order valence-electron chi connectivity index (χ1n) is 10.4. The molecule has 4 aromatic rings. The first kappa shape index (κ1) is 23.8. The number of hydrogen-bond donors (Lipinski definition) is 1. The van der Waals surface area contributed by atoms with Crippen LogP contribution in [0.15, 0.2) is 82.1 Å². The third-order valence-electron chi connectivity index (χ3n) is 5.17. The lowest BCUT2D eigenvalue weighted by Crippen LogP contribution is -2.26. The molecule has 0 saturated heterocycles. The van der Waals surface area contributed by atoms with Crippen LogP contribution in [-0.2, 0) is 10.0 Å². The molecule has 0 radical (unpaired) electrons. The lowest BCUT2D eigenvalue weighted by Gasteiger charge is -2.19. The smallest absolute Gasteiger partial charge is 0.322 e. The van der Waals surface area contributed by atoms with Crippen LogP contribution in [0, 0.1) is 0 Å². The van der Waals surface area contributed by atoms with Gasteiger partial charge in [-0.3, -0.25) is 14.4 Å². The molecule has 0 bridgehead atoms. The number of para-hydroxylation sites is 2. The van der Waals surface area contributed by atoms with E-state index in [1.807, 2.05) is 0 Å². The van der Waals surface area contributed by atoms with E-state index in [0.29, 0.717) is 22.7 Å². The second-order valence-electron chi connectivity index (χ2n) is 7.24. The van der Waals surface area contributed by atoms with Gasteiger partial charge in [-0.25, -0.2) is 8.42 Å². The molecule has 0 aliphatic rings. The van der Waals surface area contributed by atoms with E-state index in [-0.39, 0.29) is 22.4 Å². The number of benzene rings is 3. The standard InChI is InChI=1S/C24H22N4O6S/c1-28(17-8-5-4-6-9-17)35(30,31)18-14-12-16(13-15-18)22(29)25-24-27-26-23(34-24)19-10-7-11-20(32-2)21(19)33-3/h4-15H,1-3H3,(H,25,27,29). The topological polar surface area (TPSA) is 124 Å². The van der Waals surface area contributed by atoms with E-state index in [0.717, 1.165) is 0 Å². The van der Waals surface area contributed by atoms with Gasteiger partial charge in [-0.15, -0.1) is 5.10 Å². The molecule has 1 heterocycles. The van der Waals surface area contributed by atoms with Crippen LogP contribution in [0.5, 0.6) is 11.5 Å². The molecule has 35 heavy (non-hydrogen) atoms. The SMILES string of the molecule is COc1cccc(-c2nnc(NC(=O)c3ccc(S(=O)(=O)N(C)c4ccccc4)cc3)o2)c1OC. The van der Waals surface area contributed by atoms with Crippen molar-refractivity contribution in [1.82, 2.24) is 10.2 Å². The number of hydrogen-bond acceptors (Lipinski definition) is 8. The molecule has 0 saturated carbocycles. The van der Waals surface area contributed by atoms with Gasteiger partial charge in [0.05, 0.1) is 30.4 Å². The Morgan fingerprint density at radius 2 is 1.63 bits per heavy atom. The second-order valence-corrected chi connectivity index (χ2v) is 9.21. The number of carbonyl (C=O) groups is 1. The molecule has 4 rings (SSSR count). The summed E-state index contributed by atoms with van der Waals surface area (Å²) in [4.78, 5) is 12.7. The van der Waals surface area contributed by atoms with Crippen LogP contribution in [-0.4, -0.2) is 45.8 Å². The molecule has 180 valence electrons. The number of sulfonamides is 1. The van der Waals surface area contributed by atoms with Crippen molar-refractivity contribution in [2.45, 2.75) is 4.90 Å². The van der Waals surface area contributed by atoms with Crippen molar-refractivity contribution >= 4 is 27.6 Å². The average Bonchev–Trinajstić information content (AvgIpc) is 3.36. The molecule has 0 fully saturated rings. The number of aromatic nitrogens is 2. The van der Waals surface area contributed by atoms with Crippen molar-refractivity contribution < 1.29 is 27.1 Å². The number of nitrogens with zero attached hydrogens (tertiary/aromatic N) is 3. The van der Waals surface area contributed by atoms with E-state index < -0.39 is 15.9 Å². The van der Waals surface area contributed by atoms with Crippen molar-refractivity contribution in [2.24, 2.45) is 0 Å². The van der Waals surface area contributed by atoms with Gasteiger partial charge in [0.25, 0.3) is 21.8 Å². The van der Waals surface area contributed by atoms with Gasteiger partial charge < -0.3 is 13.9 Å². The van der Waals surface area contributed by atoms with Crippen molar-refractivity contribution in [1.29, 1.82) is 0 Å². The quantitative estimate of drug-likeness (QED) is 0.392. The van der Waals surface area contributed by atoms with E-state index in [1.165, 1.54) is 49.8 Å². The molecule has 0 atom stereocenters. The summed E-state index contributed by atoms with van der Waals surface area (Å²) in [5.74, 6) is 0.482. The van der Waals surface area contributed by atoms with Gasteiger partial charge in [0, 0.05) is 12.6 Å². The maximum absolute atomic E-state index is 12.9. The molecule has 3 aromatic carbocycles. The second kappa shape index (κ2) is 9.85. The van der Waals surface area contributed by atoms with Gasteiger partial charge in [0.1, 0.15) is 0 Å². The van der Waals surface area contributed by atoms with Crippen LogP contribution in [0.3, 0.4) is 0 Å². The maximum Gasteiger partial charge on any atom is 0.322 e. The van der Waals surface area contributed by atoms with Crippen LogP contribution in [0.25, 0.3) is 11.5 Å². The molecular weight excluding hydrogens is 472 g/mol. The number of anilines is 2. The van der Waals surface area contributed by atoms with Crippen molar-refractivity contribution in [2.75, 3.05) is 30.9 Å². The highest BCUT2D eigenvalue weighted by molar-refractivity contribution is 7.92. The lowest BCUT2D eigenvalue weighted by molar-refractivity contribution is 0.102. The summed E-state index contributed by atoms with van der Waals surface area (Å²) < 4.78 is 43.2. The van der Waals surface area contributed by atoms with Gasteiger partial charge in [-0.1, -0.05) is 29.4 Å². The third-order valence-corrected chi connectivity index (χ3v) is 6.97. The largest absolute Gasteiger partial charge is 0.493 e. The molecule has 0 unspecified atom stereocenters. The Hall–Kier alpha value is -4.38. The van der Waals surface area contributed by atoms with E-state index in [4.69, 9.17) is 13.9 Å². The molecule has 0 spiro atoms. The zero-order valence-corrected chi connectivity index (χ0v) is 19.9. The van der Waals surface area contributed by atoms with E-state index in [2.05, 4.69) is 15.5 Å². The average molecular weight is 495 g/mol. The Labute approximate surface area is 202 Å². The minimum atomic E-state index is -3.79. The Balaban J connectivity index is 1.50. The Bertz CT molecular complexity index is 1440. The first-order chi connectivity index (χ1) is 16.8. The fourth-order valence-corrected chi connectivity index (χ4v) is 4.52. The predicted octanol–water partition coefficient (Wildman–Crippen LogP) is 3.83. The third kappa shape index (κ3) is 4.80. The zero-order valence-electron chi connectivity index (χ0n) is 19.1. The van der Waals surface area contributed by atoms with Gasteiger partial charge in [-0.2, -0.15) is 0 Å². The lowest BCUT2D eigenvalue weighted by atomic mass is 10.2. The summed E-state index contributed by atoms with van der Waals surface area (Å²) >= 11 is 0. The minimum Gasteiger partial charge on any atom is -0.493 e. The van der Waals surface area contributed by atoms with Gasteiger partial charge in [0.15, 0.2) is 11.5 Å². The van der Waals surface area contributed by atoms with Crippen LogP contribution < -0.4 is 19.1 Å². The molecule has 1 N–H and O–H groups in total. The highest BCUT2D eigenvalue weighted by Crippen LogP contribution is 2.37. The maximum atomic E-state index is 12.9. The summed E-state index contributed by atoms with van der Waals surface area (Å²) in [7, 11) is 0.673. The summed E-state index contributed by atoms with van der Waals surface area (Å²) in [6.07, 6.45) is 0. The number of amides is 1. The summed E-state index contributed by atoms with van der Waals surface area (Å²) in [6.45, 7) is 0. The van der Waals surface area contributed by atoms with Gasteiger partial charge in [-0.05, 0) is 48.5 Å². The van der Waals surface area contributed by atoms with Crippen molar-refractivity contribution in [3.63, 3.8) is 0 Å². The Kier molecular flexibility index (Phi) is 6.69. The normalized spacial score (nSPS) is 11.1. The Morgan fingerprint density at radius 3 is 2.29 bits per heavy atom. The predicted molar refractivity (Wildman–Crippen MR) is 129 cm³/mol. The monoisotopic (exact) mass is 494 g/mol.